The summed E-state index contributed by atoms with van der Waals surface area (Å²) >= 11 is 1.67. The first-order chi connectivity index (χ1) is 6.85. The Bertz CT molecular complexity index is 364. The summed E-state index contributed by atoms with van der Waals surface area (Å²) in [4.78, 5) is 10.9. The third kappa shape index (κ3) is 2.58. The molecule has 0 aliphatic heterocycles. The monoisotopic (exact) mass is 323 g/mol. The van der Waals surface area contributed by atoms with Gasteiger partial charge in [-0.05, 0) is 24.6 Å². The van der Waals surface area contributed by atoms with Crippen LogP contribution in [0.25, 0.3) is 0 Å². The molecule has 0 radical (unpaired) electrons. The standard InChI is InChI=1S/C10H11FINO2/c1-10(11,8(12)9(13)15)6-2-4-7(14)5-3-6/h2-5,8,14H,1H3,(H2,13,15). The Morgan fingerprint density at radius 2 is 2.00 bits per heavy atom. The second-order valence-corrected chi connectivity index (χ2v) is 4.63. The quantitative estimate of drug-likeness (QED) is 0.659. The SMILES string of the molecule is CC(F)(c1ccc(O)cc1)C(I)C(N)=O. The van der Waals surface area contributed by atoms with Gasteiger partial charge in [-0.3, -0.25) is 4.79 Å². The summed E-state index contributed by atoms with van der Waals surface area (Å²) in [7, 11) is 0. The van der Waals surface area contributed by atoms with E-state index in [4.69, 9.17) is 10.8 Å². The van der Waals surface area contributed by atoms with Crippen molar-refractivity contribution in [2.45, 2.75) is 16.5 Å². The molecule has 0 saturated carbocycles. The van der Waals surface area contributed by atoms with Crippen molar-refractivity contribution >= 4 is 28.5 Å². The lowest BCUT2D eigenvalue weighted by molar-refractivity contribution is -0.119. The van der Waals surface area contributed by atoms with E-state index in [-0.39, 0.29) is 5.75 Å². The van der Waals surface area contributed by atoms with Crippen LogP contribution in [0.1, 0.15) is 12.5 Å². The summed E-state index contributed by atoms with van der Waals surface area (Å²) in [5, 5.41) is 9.05. The molecule has 1 aromatic carbocycles. The van der Waals surface area contributed by atoms with E-state index in [2.05, 4.69) is 0 Å². The van der Waals surface area contributed by atoms with Crippen LogP contribution in [0.2, 0.25) is 0 Å². The molecule has 5 heteroatoms. The number of primary amides is 1. The fourth-order valence-electron chi connectivity index (χ4n) is 1.20. The average molecular weight is 323 g/mol. The number of hydrogen-bond donors (Lipinski definition) is 2. The molecule has 1 rings (SSSR count). The molecule has 1 aromatic rings. The van der Waals surface area contributed by atoms with Crippen LogP contribution in [0.15, 0.2) is 24.3 Å². The fourth-order valence-corrected chi connectivity index (χ4v) is 1.56. The van der Waals surface area contributed by atoms with Crippen LogP contribution in [0.3, 0.4) is 0 Å². The molecule has 2 atom stereocenters. The van der Waals surface area contributed by atoms with Crippen LogP contribution in [-0.4, -0.2) is 14.9 Å². The first kappa shape index (κ1) is 12.2. The maximum Gasteiger partial charge on any atom is 0.234 e. The summed E-state index contributed by atoms with van der Waals surface area (Å²) in [6, 6.07) is 5.61. The van der Waals surface area contributed by atoms with Gasteiger partial charge in [-0.25, -0.2) is 4.39 Å². The minimum atomic E-state index is -1.83. The molecule has 0 aromatic heterocycles. The fraction of sp³-hybridized carbons (Fsp3) is 0.300. The van der Waals surface area contributed by atoms with E-state index >= 15 is 0 Å². The molecular formula is C10H11FINO2. The van der Waals surface area contributed by atoms with Gasteiger partial charge in [0, 0.05) is 0 Å². The van der Waals surface area contributed by atoms with Gasteiger partial charge >= 0.3 is 0 Å². The van der Waals surface area contributed by atoms with Crippen LogP contribution in [-0.2, 0) is 10.5 Å². The van der Waals surface area contributed by atoms with Gasteiger partial charge < -0.3 is 10.8 Å². The van der Waals surface area contributed by atoms with Crippen molar-refractivity contribution < 1.29 is 14.3 Å². The Balaban J connectivity index is 3.05. The van der Waals surface area contributed by atoms with Crippen molar-refractivity contribution in [3.63, 3.8) is 0 Å². The van der Waals surface area contributed by atoms with Crippen molar-refractivity contribution in [1.29, 1.82) is 0 Å². The van der Waals surface area contributed by atoms with E-state index in [0.29, 0.717) is 5.56 Å². The van der Waals surface area contributed by atoms with E-state index in [1.807, 2.05) is 0 Å². The first-order valence-corrected chi connectivity index (χ1v) is 5.52. The molecule has 3 nitrogen and oxygen atoms in total. The van der Waals surface area contributed by atoms with Crippen LogP contribution >= 0.6 is 22.6 Å². The number of rotatable bonds is 3. The lowest BCUT2D eigenvalue weighted by atomic mass is 9.94. The number of alkyl halides is 2. The molecule has 0 aliphatic carbocycles. The Hall–Kier alpha value is -0.850. The van der Waals surface area contributed by atoms with Crippen LogP contribution in [0, 0.1) is 0 Å². The number of phenolic OH excluding ortho intramolecular Hbond substituents is 1. The zero-order valence-electron chi connectivity index (χ0n) is 8.08. The number of amides is 1. The molecule has 1 amide bonds. The zero-order chi connectivity index (χ0) is 11.6. The molecule has 3 N–H and O–H groups in total. The highest BCUT2D eigenvalue weighted by Crippen LogP contribution is 2.34. The van der Waals surface area contributed by atoms with Crippen LogP contribution < -0.4 is 5.73 Å². The molecule has 0 heterocycles. The normalized spacial score (nSPS) is 16.7. The van der Waals surface area contributed by atoms with Gasteiger partial charge in [-0.1, -0.05) is 34.7 Å². The van der Waals surface area contributed by atoms with Crippen molar-refractivity contribution in [2.24, 2.45) is 5.73 Å². The topological polar surface area (TPSA) is 63.3 Å². The Morgan fingerprint density at radius 1 is 1.53 bits per heavy atom. The molecule has 15 heavy (non-hydrogen) atoms. The summed E-state index contributed by atoms with van der Waals surface area (Å²) in [6.45, 7) is 1.29. The lowest BCUT2D eigenvalue weighted by Gasteiger charge is -2.24. The van der Waals surface area contributed by atoms with Gasteiger partial charge in [0.05, 0.1) is 0 Å². The number of benzene rings is 1. The minimum Gasteiger partial charge on any atom is -0.508 e. The smallest absolute Gasteiger partial charge is 0.234 e. The average Bonchev–Trinajstić information content (AvgIpc) is 2.17. The number of carbonyl (C=O) groups is 1. The molecule has 0 saturated heterocycles. The highest BCUT2D eigenvalue weighted by Gasteiger charge is 2.38. The second kappa shape index (κ2) is 4.34. The van der Waals surface area contributed by atoms with Crippen LogP contribution in [0.4, 0.5) is 4.39 Å². The van der Waals surface area contributed by atoms with Gasteiger partial charge in [0.25, 0.3) is 0 Å². The number of phenols is 1. The van der Waals surface area contributed by atoms with Crippen molar-refractivity contribution in [3.8, 4) is 5.75 Å². The third-order valence-corrected chi connectivity index (χ3v) is 3.94. The van der Waals surface area contributed by atoms with Gasteiger partial charge in [0.1, 0.15) is 9.67 Å². The molecule has 82 valence electrons. The molecule has 0 bridgehead atoms. The number of hydrogen-bond acceptors (Lipinski definition) is 2. The Kier molecular flexibility index (Phi) is 3.54. The highest BCUT2D eigenvalue weighted by molar-refractivity contribution is 14.1. The van der Waals surface area contributed by atoms with Crippen molar-refractivity contribution in [3.05, 3.63) is 29.8 Å². The van der Waals surface area contributed by atoms with Gasteiger partial charge in [-0.15, -0.1) is 0 Å². The maximum atomic E-state index is 14.2. The number of halogens is 2. The number of carbonyl (C=O) groups excluding carboxylic acids is 1. The van der Waals surface area contributed by atoms with Gasteiger partial charge in [0.2, 0.25) is 5.91 Å². The third-order valence-electron chi connectivity index (χ3n) is 2.16. The van der Waals surface area contributed by atoms with Gasteiger partial charge in [0.15, 0.2) is 5.67 Å². The van der Waals surface area contributed by atoms with Crippen LogP contribution in [0.5, 0.6) is 5.75 Å². The summed E-state index contributed by atoms with van der Waals surface area (Å²) in [6.07, 6.45) is 0. The van der Waals surface area contributed by atoms with E-state index in [1.165, 1.54) is 31.2 Å². The first-order valence-electron chi connectivity index (χ1n) is 4.27. The van der Waals surface area contributed by atoms with Gasteiger partial charge in [-0.2, -0.15) is 0 Å². The Labute approximate surface area is 101 Å². The number of aromatic hydroxyl groups is 1. The van der Waals surface area contributed by atoms with E-state index in [0.717, 1.165) is 0 Å². The predicted octanol–water partition coefficient (Wildman–Crippen LogP) is 1.87. The predicted molar refractivity (Wildman–Crippen MR) is 63.6 cm³/mol. The minimum absolute atomic E-state index is 0.0543. The summed E-state index contributed by atoms with van der Waals surface area (Å²) < 4.78 is 13.3. The molecular weight excluding hydrogens is 312 g/mol. The van der Waals surface area contributed by atoms with E-state index < -0.39 is 15.5 Å². The second-order valence-electron chi connectivity index (χ2n) is 3.39. The molecule has 2 unspecified atom stereocenters. The summed E-state index contributed by atoms with van der Waals surface area (Å²) in [5.41, 5.74) is 3.54. The molecule has 0 spiro atoms. The largest absolute Gasteiger partial charge is 0.508 e. The Morgan fingerprint density at radius 3 is 2.40 bits per heavy atom. The zero-order valence-corrected chi connectivity index (χ0v) is 10.2. The van der Waals surface area contributed by atoms with E-state index in [1.54, 1.807) is 22.6 Å². The molecule has 0 aliphatic rings. The van der Waals surface area contributed by atoms with E-state index in [9.17, 15) is 9.18 Å². The maximum absolute atomic E-state index is 14.2. The molecule has 0 fully saturated rings. The number of nitrogens with two attached hydrogens (primary N) is 1. The van der Waals surface area contributed by atoms with Crippen molar-refractivity contribution in [2.75, 3.05) is 0 Å². The lowest BCUT2D eigenvalue weighted by Crippen LogP contribution is -2.38. The highest BCUT2D eigenvalue weighted by atomic mass is 127. The van der Waals surface area contributed by atoms with Crippen molar-refractivity contribution in [1.82, 2.24) is 0 Å². The summed E-state index contributed by atoms with van der Waals surface area (Å²) in [5.74, 6) is -0.646.